The number of hydrogen-bond acceptors (Lipinski definition) is 2. The summed E-state index contributed by atoms with van der Waals surface area (Å²) in [6.45, 7) is 10.1. The summed E-state index contributed by atoms with van der Waals surface area (Å²) in [6.07, 6.45) is 4.21. The summed E-state index contributed by atoms with van der Waals surface area (Å²) in [5, 5.41) is 11.8. The van der Waals surface area contributed by atoms with E-state index >= 15 is 0 Å². The molecule has 1 fully saturated rings. The summed E-state index contributed by atoms with van der Waals surface area (Å²) in [6, 6.07) is -0.997. The van der Waals surface area contributed by atoms with Crippen molar-refractivity contribution in [2.75, 3.05) is 13.1 Å². The van der Waals surface area contributed by atoms with Gasteiger partial charge in [-0.25, -0.2) is 9.59 Å². The van der Waals surface area contributed by atoms with Gasteiger partial charge in [0.2, 0.25) is 0 Å². The number of urea groups is 1. The number of nitrogens with one attached hydrogen (secondary N) is 1. The molecule has 0 saturated carbocycles. The van der Waals surface area contributed by atoms with Gasteiger partial charge in [-0.15, -0.1) is 0 Å². The molecule has 0 spiro atoms. The van der Waals surface area contributed by atoms with E-state index in [0.29, 0.717) is 25.4 Å². The molecule has 0 aromatic heterocycles. The molecule has 1 heterocycles. The van der Waals surface area contributed by atoms with Crippen molar-refractivity contribution in [3.63, 3.8) is 0 Å². The minimum atomic E-state index is -0.943. The largest absolute Gasteiger partial charge is 0.480 e. The molecule has 0 aromatic rings. The second kappa shape index (κ2) is 7.66. The predicted octanol–water partition coefficient (Wildman–Crippen LogP) is 3.10. The van der Waals surface area contributed by atoms with Gasteiger partial charge in [0.15, 0.2) is 0 Å². The van der Waals surface area contributed by atoms with Gasteiger partial charge in [-0.3, -0.25) is 0 Å². The standard InChI is InChI=1S/C16H30N2O3/c1-5-6-7-13(14(19)20)17-15(21)18-10-8-12(9-11-18)16(2,3)4/h12-13H,5-11H2,1-4H3,(H,17,21)(H,19,20). The monoisotopic (exact) mass is 298 g/mol. The molecular formula is C16H30N2O3. The van der Waals surface area contributed by atoms with Crippen molar-refractivity contribution in [2.45, 2.75) is 65.8 Å². The van der Waals surface area contributed by atoms with E-state index in [9.17, 15) is 9.59 Å². The van der Waals surface area contributed by atoms with Gasteiger partial charge < -0.3 is 15.3 Å². The zero-order chi connectivity index (χ0) is 16.0. The first-order chi connectivity index (χ1) is 9.75. The Labute approximate surface area is 128 Å². The summed E-state index contributed by atoms with van der Waals surface area (Å²) >= 11 is 0. The van der Waals surface area contributed by atoms with E-state index in [-0.39, 0.29) is 11.4 Å². The third-order valence-corrected chi connectivity index (χ3v) is 4.45. The summed E-state index contributed by atoms with van der Waals surface area (Å²) in [4.78, 5) is 25.1. The van der Waals surface area contributed by atoms with Crippen LogP contribution >= 0.6 is 0 Å². The number of carboxylic acids is 1. The van der Waals surface area contributed by atoms with Crippen molar-refractivity contribution in [1.29, 1.82) is 0 Å². The molecule has 5 heteroatoms. The maximum absolute atomic E-state index is 12.2. The number of aliphatic carboxylic acids is 1. The Morgan fingerprint density at radius 1 is 1.29 bits per heavy atom. The van der Waals surface area contributed by atoms with Crippen LogP contribution in [0.1, 0.15) is 59.8 Å². The van der Waals surface area contributed by atoms with Gasteiger partial charge in [-0.1, -0.05) is 40.5 Å². The predicted molar refractivity (Wildman–Crippen MR) is 83.2 cm³/mol. The number of amides is 2. The van der Waals surface area contributed by atoms with Crippen molar-refractivity contribution in [2.24, 2.45) is 11.3 Å². The molecule has 1 atom stereocenters. The first-order valence-corrected chi connectivity index (χ1v) is 8.04. The summed E-state index contributed by atoms with van der Waals surface area (Å²) < 4.78 is 0. The van der Waals surface area contributed by atoms with E-state index < -0.39 is 12.0 Å². The molecular weight excluding hydrogens is 268 g/mol. The fourth-order valence-electron chi connectivity index (χ4n) is 2.85. The minimum absolute atomic E-state index is 0.231. The number of carbonyl (C=O) groups excluding carboxylic acids is 1. The van der Waals surface area contributed by atoms with E-state index in [2.05, 4.69) is 26.1 Å². The van der Waals surface area contributed by atoms with Gasteiger partial charge in [0.25, 0.3) is 0 Å². The third kappa shape index (κ3) is 5.56. The van der Waals surface area contributed by atoms with Gasteiger partial charge in [-0.2, -0.15) is 0 Å². The highest BCUT2D eigenvalue weighted by Crippen LogP contribution is 2.34. The quantitative estimate of drug-likeness (QED) is 0.819. The third-order valence-electron chi connectivity index (χ3n) is 4.45. The number of piperidine rings is 1. The minimum Gasteiger partial charge on any atom is -0.480 e. The Kier molecular flexibility index (Phi) is 6.49. The summed E-state index contributed by atoms with van der Waals surface area (Å²) in [5.41, 5.74) is 0.271. The zero-order valence-corrected chi connectivity index (χ0v) is 13.8. The Morgan fingerprint density at radius 3 is 2.29 bits per heavy atom. The number of unbranched alkanes of at least 4 members (excludes halogenated alkanes) is 1. The molecule has 0 bridgehead atoms. The number of nitrogens with zero attached hydrogens (tertiary/aromatic N) is 1. The number of rotatable bonds is 5. The van der Waals surface area contributed by atoms with E-state index in [1.807, 2.05) is 6.92 Å². The number of carboxylic acid groups (broad SMARTS) is 1. The number of carbonyl (C=O) groups is 2. The molecule has 0 aromatic carbocycles. The topological polar surface area (TPSA) is 69.6 Å². The smallest absolute Gasteiger partial charge is 0.326 e. The molecule has 1 unspecified atom stereocenters. The Hall–Kier alpha value is -1.26. The average molecular weight is 298 g/mol. The fourth-order valence-corrected chi connectivity index (χ4v) is 2.85. The molecule has 1 aliphatic rings. The zero-order valence-electron chi connectivity index (χ0n) is 13.8. The van der Waals surface area contributed by atoms with Gasteiger partial charge in [0, 0.05) is 13.1 Å². The van der Waals surface area contributed by atoms with Crippen molar-refractivity contribution < 1.29 is 14.7 Å². The van der Waals surface area contributed by atoms with Crippen LogP contribution < -0.4 is 5.32 Å². The molecule has 122 valence electrons. The highest BCUT2D eigenvalue weighted by molar-refractivity contribution is 5.82. The number of hydrogen-bond donors (Lipinski definition) is 2. The maximum atomic E-state index is 12.2. The molecule has 1 rings (SSSR count). The lowest BCUT2D eigenvalue weighted by molar-refractivity contribution is -0.139. The molecule has 2 amide bonds. The Bertz CT molecular complexity index is 355. The van der Waals surface area contributed by atoms with E-state index in [0.717, 1.165) is 25.7 Å². The van der Waals surface area contributed by atoms with Crippen LogP contribution in [-0.4, -0.2) is 41.1 Å². The summed E-state index contributed by atoms with van der Waals surface area (Å²) in [7, 11) is 0. The molecule has 2 N–H and O–H groups in total. The molecule has 0 radical (unpaired) electrons. The SMILES string of the molecule is CCCCC(NC(=O)N1CCC(C(C)(C)C)CC1)C(=O)O. The highest BCUT2D eigenvalue weighted by atomic mass is 16.4. The van der Waals surface area contributed by atoms with Crippen LogP contribution in [0.2, 0.25) is 0 Å². The molecule has 1 saturated heterocycles. The van der Waals surface area contributed by atoms with Gasteiger partial charge in [0.05, 0.1) is 0 Å². The lowest BCUT2D eigenvalue weighted by atomic mass is 9.75. The van der Waals surface area contributed by atoms with Crippen LogP contribution in [0.4, 0.5) is 4.79 Å². The van der Waals surface area contributed by atoms with E-state index in [1.165, 1.54) is 0 Å². The van der Waals surface area contributed by atoms with Crippen molar-refractivity contribution in [3.8, 4) is 0 Å². The van der Waals surface area contributed by atoms with Gasteiger partial charge in [-0.05, 0) is 30.6 Å². The van der Waals surface area contributed by atoms with Crippen LogP contribution in [0, 0.1) is 11.3 Å². The van der Waals surface area contributed by atoms with Crippen molar-refractivity contribution in [3.05, 3.63) is 0 Å². The lowest BCUT2D eigenvalue weighted by Gasteiger charge is -2.39. The van der Waals surface area contributed by atoms with Crippen LogP contribution in [0.3, 0.4) is 0 Å². The van der Waals surface area contributed by atoms with Crippen LogP contribution in [-0.2, 0) is 4.79 Å². The Balaban J connectivity index is 2.47. The fraction of sp³-hybridized carbons (Fsp3) is 0.875. The number of likely N-dealkylation sites (tertiary alicyclic amines) is 1. The van der Waals surface area contributed by atoms with Crippen LogP contribution in [0.25, 0.3) is 0 Å². The van der Waals surface area contributed by atoms with E-state index in [1.54, 1.807) is 4.90 Å². The second-order valence-corrected chi connectivity index (χ2v) is 7.11. The van der Waals surface area contributed by atoms with Crippen molar-refractivity contribution >= 4 is 12.0 Å². The molecule has 21 heavy (non-hydrogen) atoms. The van der Waals surface area contributed by atoms with Gasteiger partial charge >= 0.3 is 12.0 Å². The first-order valence-electron chi connectivity index (χ1n) is 8.04. The van der Waals surface area contributed by atoms with E-state index in [4.69, 9.17) is 5.11 Å². The molecule has 1 aliphatic heterocycles. The second-order valence-electron chi connectivity index (χ2n) is 7.11. The van der Waals surface area contributed by atoms with Gasteiger partial charge in [0.1, 0.15) is 6.04 Å². The van der Waals surface area contributed by atoms with Crippen LogP contribution in [0.5, 0.6) is 0 Å². The molecule has 0 aliphatic carbocycles. The maximum Gasteiger partial charge on any atom is 0.326 e. The highest BCUT2D eigenvalue weighted by Gasteiger charge is 2.31. The van der Waals surface area contributed by atoms with Crippen LogP contribution in [0.15, 0.2) is 0 Å². The lowest BCUT2D eigenvalue weighted by Crippen LogP contribution is -2.50. The summed E-state index contributed by atoms with van der Waals surface area (Å²) in [5.74, 6) is -0.321. The average Bonchev–Trinajstić information content (AvgIpc) is 2.42. The Morgan fingerprint density at radius 2 is 1.86 bits per heavy atom. The van der Waals surface area contributed by atoms with Crippen molar-refractivity contribution in [1.82, 2.24) is 10.2 Å². The normalized spacial score (nSPS) is 18.4. The molecule has 5 nitrogen and oxygen atoms in total. The first kappa shape index (κ1) is 17.8.